The minimum Gasteiger partial charge on any atom is -0.355 e. The zero-order chi connectivity index (χ0) is 12.3. The van der Waals surface area contributed by atoms with Gasteiger partial charge in [-0.15, -0.1) is 0 Å². The molecule has 0 aromatic carbocycles. The molecular weight excluding hydrogens is 218 g/mol. The van der Waals surface area contributed by atoms with Gasteiger partial charge in [0.1, 0.15) is 0 Å². The lowest BCUT2D eigenvalue weighted by Crippen LogP contribution is -2.37. The van der Waals surface area contributed by atoms with Crippen LogP contribution < -0.4 is 5.32 Å². The molecule has 94 valence electrons. The quantitative estimate of drug-likeness (QED) is 0.746. The Labute approximate surface area is 101 Å². The van der Waals surface area contributed by atoms with Crippen LogP contribution in [0, 0.1) is 5.92 Å². The zero-order valence-corrected chi connectivity index (χ0v) is 10.4. The molecule has 0 saturated heterocycles. The molecule has 17 heavy (non-hydrogen) atoms. The van der Waals surface area contributed by atoms with Crippen LogP contribution in [0.15, 0.2) is 0 Å². The number of aromatic nitrogens is 3. The molecular formula is C11H19N5O. The summed E-state index contributed by atoms with van der Waals surface area (Å²) in [5.41, 5.74) is 1.96. The number of rotatable bonds is 4. The maximum absolute atomic E-state index is 11.9. The van der Waals surface area contributed by atoms with Crippen molar-refractivity contribution in [1.29, 1.82) is 0 Å². The maximum Gasteiger partial charge on any atom is 0.223 e. The third kappa shape index (κ3) is 3.03. The van der Waals surface area contributed by atoms with E-state index in [4.69, 9.17) is 0 Å². The fourth-order valence-electron chi connectivity index (χ4n) is 2.06. The van der Waals surface area contributed by atoms with Gasteiger partial charge >= 0.3 is 0 Å². The molecule has 2 rings (SSSR count). The first-order valence-corrected chi connectivity index (χ1v) is 5.98. The Morgan fingerprint density at radius 1 is 1.47 bits per heavy atom. The second kappa shape index (κ2) is 5.27. The Bertz CT molecular complexity index is 387. The van der Waals surface area contributed by atoms with Crippen LogP contribution in [-0.2, 0) is 17.6 Å². The van der Waals surface area contributed by atoms with Crippen molar-refractivity contribution in [1.82, 2.24) is 25.6 Å². The monoisotopic (exact) mass is 237 g/mol. The molecule has 1 aliphatic carbocycles. The van der Waals surface area contributed by atoms with Gasteiger partial charge in [0.2, 0.25) is 5.91 Å². The number of nitrogens with one attached hydrogen (secondary N) is 2. The molecule has 0 spiro atoms. The highest BCUT2D eigenvalue weighted by Crippen LogP contribution is 2.22. The number of aromatic amines is 1. The topological polar surface area (TPSA) is 73.9 Å². The van der Waals surface area contributed by atoms with Crippen molar-refractivity contribution in [3.05, 3.63) is 11.4 Å². The minimum atomic E-state index is 0.0507. The van der Waals surface area contributed by atoms with Gasteiger partial charge in [-0.3, -0.25) is 4.79 Å². The number of carbonyl (C=O) groups is 1. The van der Waals surface area contributed by atoms with Gasteiger partial charge in [-0.1, -0.05) is 0 Å². The Hall–Kier alpha value is -1.43. The van der Waals surface area contributed by atoms with Crippen LogP contribution >= 0.6 is 0 Å². The van der Waals surface area contributed by atoms with E-state index in [0.29, 0.717) is 13.0 Å². The van der Waals surface area contributed by atoms with Crippen LogP contribution in [0.1, 0.15) is 17.8 Å². The molecule has 1 unspecified atom stereocenters. The first-order chi connectivity index (χ1) is 8.16. The Balaban J connectivity index is 1.82. The van der Waals surface area contributed by atoms with Crippen molar-refractivity contribution in [3.8, 4) is 0 Å². The molecule has 1 aromatic rings. The molecule has 0 aliphatic heterocycles. The summed E-state index contributed by atoms with van der Waals surface area (Å²) in [5, 5.41) is 13.7. The molecule has 1 amide bonds. The fraction of sp³-hybridized carbons (Fsp3) is 0.727. The van der Waals surface area contributed by atoms with Crippen LogP contribution in [0.5, 0.6) is 0 Å². The van der Waals surface area contributed by atoms with Crippen molar-refractivity contribution in [3.63, 3.8) is 0 Å². The van der Waals surface area contributed by atoms with E-state index in [1.54, 1.807) is 0 Å². The third-order valence-corrected chi connectivity index (χ3v) is 3.10. The summed E-state index contributed by atoms with van der Waals surface area (Å²) in [6.07, 6.45) is 2.42. The number of likely N-dealkylation sites (N-methyl/N-ethyl adjacent to an activating group) is 1. The van der Waals surface area contributed by atoms with Gasteiger partial charge in [0.15, 0.2) is 0 Å². The number of carbonyl (C=O) groups excluding carboxylic acids is 1. The van der Waals surface area contributed by atoms with Gasteiger partial charge in [-0.25, -0.2) is 0 Å². The van der Waals surface area contributed by atoms with Crippen molar-refractivity contribution in [2.24, 2.45) is 5.92 Å². The highest BCUT2D eigenvalue weighted by molar-refractivity contribution is 5.79. The van der Waals surface area contributed by atoms with Crippen LogP contribution in [0.25, 0.3) is 0 Å². The molecule has 1 aliphatic rings. The number of H-pyrrole nitrogens is 1. The Morgan fingerprint density at radius 2 is 2.24 bits per heavy atom. The highest BCUT2D eigenvalue weighted by atomic mass is 16.1. The Morgan fingerprint density at radius 3 is 3.00 bits per heavy atom. The number of fused-ring (bicyclic) bond motifs is 1. The summed E-state index contributed by atoms with van der Waals surface area (Å²) in [7, 11) is 3.99. The molecule has 1 atom stereocenters. The van der Waals surface area contributed by atoms with Crippen LogP contribution in [0.3, 0.4) is 0 Å². The maximum atomic E-state index is 11.9. The van der Waals surface area contributed by atoms with E-state index in [9.17, 15) is 4.79 Å². The van der Waals surface area contributed by atoms with Gasteiger partial charge in [-0.2, -0.15) is 15.4 Å². The van der Waals surface area contributed by atoms with E-state index in [1.807, 2.05) is 14.1 Å². The van der Waals surface area contributed by atoms with E-state index in [-0.39, 0.29) is 11.8 Å². The summed E-state index contributed by atoms with van der Waals surface area (Å²) in [4.78, 5) is 14.0. The summed E-state index contributed by atoms with van der Waals surface area (Å²) < 4.78 is 0. The smallest absolute Gasteiger partial charge is 0.223 e. The van der Waals surface area contributed by atoms with Crippen LogP contribution in [-0.4, -0.2) is 53.4 Å². The lowest BCUT2D eigenvalue weighted by atomic mass is 9.89. The van der Waals surface area contributed by atoms with Crippen molar-refractivity contribution in [2.75, 3.05) is 27.2 Å². The van der Waals surface area contributed by atoms with Crippen molar-refractivity contribution < 1.29 is 4.79 Å². The number of aryl methyl sites for hydroxylation is 1. The van der Waals surface area contributed by atoms with E-state index in [1.165, 1.54) is 0 Å². The van der Waals surface area contributed by atoms with E-state index in [2.05, 4.69) is 25.6 Å². The number of nitrogens with zero attached hydrogens (tertiary/aromatic N) is 3. The van der Waals surface area contributed by atoms with Gasteiger partial charge in [0.05, 0.1) is 11.4 Å². The predicted molar refractivity (Wildman–Crippen MR) is 63.5 cm³/mol. The second-order valence-corrected chi connectivity index (χ2v) is 4.75. The molecule has 6 heteroatoms. The van der Waals surface area contributed by atoms with Crippen molar-refractivity contribution >= 4 is 5.91 Å². The zero-order valence-electron chi connectivity index (χ0n) is 10.4. The average molecular weight is 237 g/mol. The SMILES string of the molecule is CN(C)CCNC(=O)C1CCc2n[nH]nc2C1. The summed E-state index contributed by atoms with van der Waals surface area (Å²) >= 11 is 0. The summed E-state index contributed by atoms with van der Waals surface area (Å²) in [6.45, 7) is 1.57. The lowest BCUT2D eigenvalue weighted by Gasteiger charge is -2.20. The molecule has 0 radical (unpaired) electrons. The Kier molecular flexibility index (Phi) is 3.73. The van der Waals surface area contributed by atoms with Crippen LogP contribution in [0.2, 0.25) is 0 Å². The minimum absolute atomic E-state index is 0.0507. The molecule has 1 aromatic heterocycles. The van der Waals surface area contributed by atoms with Crippen molar-refractivity contribution in [2.45, 2.75) is 19.3 Å². The molecule has 1 heterocycles. The summed E-state index contributed by atoms with van der Waals surface area (Å²) in [6, 6.07) is 0. The lowest BCUT2D eigenvalue weighted by molar-refractivity contribution is -0.125. The predicted octanol–water partition coefficient (Wildman–Crippen LogP) is -0.413. The van der Waals surface area contributed by atoms with Gasteiger partial charge in [-0.05, 0) is 26.9 Å². The van der Waals surface area contributed by atoms with Crippen LogP contribution in [0.4, 0.5) is 0 Å². The van der Waals surface area contributed by atoms with Gasteiger partial charge in [0.25, 0.3) is 0 Å². The normalized spacial score (nSPS) is 19.1. The van der Waals surface area contributed by atoms with Gasteiger partial charge < -0.3 is 10.2 Å². The molecule has 0 saturated carbocycles. The molecule has 6 nitrogen and oxygen atoms in total. The third-order valence-electron chi connectivity index (χ3n) is 3.10. The van der Waals surface area contributed by atoms with E-state index >= 15 is 0 Å². The first kappa shape index (κ1) is 12.0. The summed E-state index contributed by atoms with van der Waals surface area (Å²) in [5.74, 6) is 0.190. The van der Waals surface area contributed by atoms with Gasteiger partial charge in [0, 0.05) is 25.4 Å². The number of hydrogen-bond acceptors (Lipinski definition) is 4. The second-order valence-electron chi connectivity index (χ2n) is 4.75. The first-order valence-electron chi connectivity index (χ1n) is 5.98. The molecule has 0 bridgehead atoms. The number of amides is 1. The van der Waals surface area contributed by atoms with E-state index in [0.717, 1.165) is 30.8 Å². The van der Waals surface area contributed by atoms with E-state index < -0.39 is 0 Å². The number of hydrogen-bond donors (Lipinski definition) is 2. The standard InChI is InChI=1S/C11H19N5O/c1-16(2)6-5-12-11(17)8-3-4-9-10(7-8)14-15-13-9/h8H,3-7H2,1-2H3,(H,12,17)(H,13,14,15). The molecule has 2 N–H and O–H groups in total. The molecule has 0 fully saturated rings. The largest absolute Gasteiger partial charge is 0.355 e. The highest BCUT2D eigenvalue weighted by Gasteiger charge is 2.26. The average Bonchev–Trinajstić information content (AvgIpc) is 2.75. The fourth-order valence-corrected chi connectivity index (χ4v) is 2.06.